The van der Waals surface area contributed by atoms with Gasteiger partial charge in [-0.2, -0.15) is 13.2 Å². The van der Waals surface area contributed by atoms with Crippen molar-refractivity contribution in [1.29, 1.82) is 0 Å². The zero-order chi connectivity index (χ0) is 22.3. The average molecular weight is 556 g/mol. The normalized spacial score (nSPS) is 13.8. The van der Waals surface area contributed by atoms with E-state index < -0.39 is 11.7 Å². The summed E-state index contributed by atoms with van der Waals surface area (Å²) < 4.78 is 38.2. The van der Waals surface area contributed by atoms with Gasteiger partial charge in [0.05, 0.1) is 12.1 Å². The average Bonchev–Trinajstić information content (AvgIpc) is 3.19. The first kappa shape index (κ1) is 25.5. The van der Waals surface area contributed by atoms with E-state index in [0.717, 1.165) is 36.3 Å². The molecular weight excluding hydrogens is 532 g/mol. The van der Waals surface area contributed by atoms with Gasteiger partial charge in [-0.3, -0.25) is 9.79 Å². The molecule has 2 aromatic rings. The topological polar surface area (TPSA) is 56.7 Å². The Morgan fingerprint density at radius 3 is 2.53 bits per heavy atom. The maximum atomic E-state index is 12.7. The number of halogens is 4. The number of hydrogen-bond acceptors (Lipinski definition) is 2. The molecule has 9 heteroatoms. The Balaban J connectivity index is 0.00000363. The second-order valence-electron chi connectivity index (χ2n) is 6.98. The number of carbonyl (C=O) groups excluding carboxylic acids is 1. The van der Waals surface area contributed by atoms with E-state index in [9.17, 15) is 18.0 Å². The molecule has 32 heavy (non-hydrogen) atoms. The van der Waals surface area contributed by atoms with Crippen LogP contribution in [0.3, 0.4) is 0 Å². The molecule has 1 fully saturated rings. The van der Waals surface area contributed by atoms with Gasteiger partial charge in [-0.1, -0.05) is 30.0 Å². The highest BCUT2D eigenvalue weighted by molar-refractivity contribution is 14.0. The number of nitrogens with one attached hydrogen (secondary N) is 2. The highest BCUT2D eigenvalue weighted by Gasteiger charge is 2.30. The lowest BCUT2D eigenvalue weighted by Gasteiger charge is -2.16. The number of amides is 1. The summed E-state index contributed by atoms with van der Waals surface area (Å²) in [6.45, 7) is 1.51. The zero-order valence-electron chi connectivity index (χ0n) is 17.5. The number of aliphatic imine (C=N–C) groups is 1. The molecule has 0 unspecified atom stereocenters. The van der Waals surface area contributed by atoms with E-state index in [0.29, 0.717) is 24.5 Å². The molecule has 0 spiro atoms. The number of rotatable bonds is 4. The van der Waals surface area contributed by atoms with E-state index in [4.69, 9.17) is 0 Å². The van der Waals surface area contributed by atoms with Crippen LogP contribution in [0.25, 0.3) is 0 Å². The summed E-state index contributed by atoms with van der Waals surface area (Å²) in [6, 6.07) is 12.7. The van der Waals surface area contributed by atoms with Crippen molar-refractivity contribution in [1.82, 2.24) is 10.6 Å². The minimum atomic E-state index is -4.38. The van der Waals surface area contributed by atoms with Gasteiger partial charge in [0.25, 0.3) is 0 Å². The summed E-state index contributed by atoms with van der Waals surface area (Å²) in [6.07, 6.45) is -2.90. The quantitative estimate of drug-likeness (QED) is 0.258. The van der Waals surface area contributed by atoms with Gasteiger partial charge in [-0.05, 0) is 42.3 Å². The number of anilines is 1. The predicted molar refractivity (Wildman–Crippen MR) is 130 cm³/mol. The van der Waals surface area contributed by atoms with Gasteiger partial charge in [0, 0.05) is 37.8 Å². The summed E-state index contributed by atoms with van der Waals surface area (Å²) in [5, 5.41) is 6.16. The molecule has 5 nitrogen and oxygen atoms in total. The molecule has 0 aromatic heterocycles. The summed E-state index contributed by atoms with van der Waals surface area (Å²) in [7, 11) is 1.62. The Labute approximate surface area is 202 Å². The lowest BCUT2D eigenvalue weighted by molar-refractivity contribution is -0.137. The standard InChI is InChI=1S/C23H23F3N4O.HI/c1-27-22(28-13-3-6-17-5-2-7-19(15-17)23(24,25)26)29-16-18-9-11-20(12-10-18)30-14-4-8-21(30)31;/h2,5,7,9-12,15H,4,8,13-14,16H2,1H3,(H2,27,28,29);1H. The third kappa shape index (κ3) is 7.15. The molecule has 1 amide bonds. The smallest absolute Gasteiger partial charge is 0.352 e. The molecule has 1 aliphatic heterocycles. The van der Waals surface area contributed by atoms with E-state index >= 15 is 0 Å². The minimum Gasteiger partial charge on any atom is -0.352 e. The fourth-order valence-corrected chi connectivity index (χ4v) is 3.17. The monoisotopic (exact) mass is 556 g/mol. The van der Waals surface area contributed by atoms with Crippen molar-refractivity contribution >= 4 is 41.5 Å². The highest BCUT2D eigenvalue weighted by atomic mass is 127. The van der Waals surface area contributed by atoms with Crippen LogP contribution in [0.1, 0.15) is 29.5 Å². The van der Waals surface area contributed by atoms with Crippen molar-refractivity contribution < 1.29 is 18.0 Å². The van der Waals surface area contributed by atoms with Gasteiger partial charge >= 0.3 is 6.18 Å². The van der Waals surface area contributed by atoms with Crippen LogP contribution in [0.5, 0.6) is 0 Å². The molecule has 1 aliphatic rings. The Morgan fingerprint density at radius 1 is 1.16 bits per heavy atom. The zero-order valence-corrected chi connectivity index (χ0v) is 19.8. The highest BCUT2D eigenvalue weighted by Crippen LogP contribution is 2.29. The molecule has 1 saturated heterocycles. The van der Waals surface area contributed by atoms with Crippen LogP contribution in [-0.2, 0) is 17.5 Å². The Kier molecular flexibility index (Phi) is 9.38. The number of carbonyl (C=O) groups is 1. The van der Waals surface area contributed by atoms with E-state index in [2.05, 4.69) is 27.5 Å². The van der Waals surface area contributed by atoms with Crippen molar-refractivity contribution in [3.63, 3.8) is 0 Å². The number of benzene rings is 2. The van der Waals surface area contributed by atoms with Gasteiger partial charge in [-0.25, -0.2) is 0 Å². The maximum Gasteiger partial charge on any atom is 0.416 e. The lowest BCUT2D eigenvalue weighted by atomic mass is 10.1. The van der Waals surface area contributed by atoms with Crippen LogP contribution in [0, 0.1) is 11.8 Å². The third-order valence-electron chi connectivity index (χ3n) is 4.77. The maximum absolute atomic E-state index is 12.7. The number of alkyl halides is 3. The molecule has 1 heterocycles. The summed E-state index contributed by atoms with van der Waals surface area (Å²) in [5.41, 5.74) is 1.51. The van der Waals surface area contributed by atoms with Gasteiger partial charge < -0.3 is 15.5 Å². The SMILES string of the molecule is CN=C(NCC#Cc1cccc(C(F)(F)F)c1)NCc1ccc(N2CCCC2=O)cc1.I. The molecule has 2 aromatic carbocycles. The van der Waals surface area contributed by atoms with E-state index in [1.165, 1.54) is 12.1 Å². The van der Waals surface area contributed by atoms with E-state index in [-0.39, 0.29) is 36.4 Å². The van der Waals surface area contributed by atoms with Crippen molar-refractivity contribution in [2.24, 2.45) is 4.99 Å². The molecule has 0 bridgehead atoms. The number of guanidine groups is 1. The summed E-state index contributed by atoms with van der Waals surface area (Å²) in [4.78, 5) is 17.7. The second-order valence-corrected chi connectivity index (χ2v) is 6.98. The van der Waals surface area contributed by atoms with Crippen molar-refractivity contribution in [2.75, 3.05) is 25.0 Å². The first-order chi connectivity index (χ1) is 14.9. The van der Waals surface area contributed by atoms with Crippen molar-refractivity contribution in [2.45, 2.75) is 25.6 Å². The molecule has 0 saturated carbocycles. The van der Waals surface area contributed by atoms with Crippen molar-refractivity contribution in [3.05, 3.63) is 65.2 Å². The van der Waals surface area contributed by atoms with Crippen molar-refractivity contribution in [3.8, 4) is 11.8 Å². The minimum absolute atomic E-state index is 0. The first-order valence-electron chi connectivity index (χ1n) is 9.87. The lowest BCUT2D eigenvalue weighted by Crippen LogP contribution is -2.36. The number of nitrogens with zero attached hydrogens (tertiary/aromatic N) is 2. The largest absolute Gasteiger partial charge is 0.416 e. The third-order valence-corrected chi connectivity index (χ3v) is 4.77. The molecule has 0 aliphatic carbocycles. The van der Waals surface area contributed by atoms with Crippen LogP contribution in [0.2, 0.25) is 0 Å². The fourth-order valence-electron chi connectivity index (χ4n) is 3.17. The van der Waals surface area contributed by atoms with Gasteiger partial charge in [0.15, 0.2) is 5.96 Å². The molecule has 3 rings (SSSR count). The number of hydrogen-bond donors (Lipinski definition) is 2. The fraction of sp³-hybridized carbons (Fsp3) is 0.304. The van der Waals surface area contributed by atoms with Gasteiger partial charge in [0.1, 0.15) is 0 Å². The molecule has 170 valence electrons. The van der Waals surface area contributed by atoms with Crippen LogP contribution >= 0.6 is 24.0 Å². The van der Waals surface area contributed by atoms with E-state index in [1.54, 1.807) is 11.9 Å². The predicted octanol–water partition coefficient (Wildman–Crippen LogP) is 4.17. The van der Waals surface area contributed by atoms with Gasteiger partial charge in [0.2, 0.25) is 5.91 Å². The Bertz CT molecular complexity index is 1010. The molecule has 2 N–H and O–H groups in total. The first-order valence-corrected chi connectivity index (χ1v) is 9.87. The Hall–Kier alpha value is -2.74. The summed E-state index contributed by atoms with van der Waals surface area (Å²) in [5.74, 6) is 6.20. The van der Waals surface area contributed by atoms with Crippen LogP contribution < -0.4 is 15.5 Å². The van der Waals surface area contributed by atoms with Gasteiger partial charge in [-0.15, -0.1) is 24.0 Å². The molecule has 0 radical (unpaired) electrons. The van der Waals surface area contributed by atoms with Crippen LogP contribution in [-0.4, -0.2) is 32.0 Å². The Morgan fingerprint density at radius 2 is 1.91 bits per heavy atom. The molecule has 0 atom stereocenters. The van der Waals surface area contributed by atoms with E-state index in [1.807, 2.05) is 24.3 Å². The molecular formula is C23H24F3IN4O. The van der Waals surface area contributed by atoms with Crippen LogP contribution in [0.4, 0.5) is 18.9 Å². The summed E-state index contributed by atoms with van der Waals surface area (Å²) >= 11 is 0. The van der Waals surface area contributed by atoms with Crippen LogP contribution in [0.15, 0.2) is 53.5 Å². The second kappa shape index (κ2) is 11.8.